The van der Waals surface area contributed by atoms with E-state index in [0.717, 1.165) is 25.3 Å². The molecule has 2 rings (SSSR count). The van der Waals surface area contributed by atoms with Gasteiger partial charge in [-0.1, -0.05) is 32.8 Å². The van der Waals surface area contributed by atoms with Crippen molar-refractivity contribution in [3.05, 3.63) is 35.1 Å². The van der Waals surface area contributed by atoms with Crippen molar-refractivity contribution in [1.29, 1.82) is 0 Å². The van der Waals surface area contributed by atoms with Crippen LogP contribution in [-0.4, -0.2) is 6.54 Å². The number of hydrogen-bond donors (Lipinski definition) is 1. The largest absolute Gasteiger partial charge is 0.310 e. The molecule has 0 radical (unpaired) electrons. The van der Waals surface area contributed by atoms with Gasteiger partial charge in [-0.25, -0.2) is 13.2 Å². The first-order valence-electron chi connectivity index (χ1n) is 7.41. The normalized spacial score (nSPS) is 24.6. The lowest BCUT2D eigenvalue weighted by Crippen LogP contribution is -2.32. The minimum absolute atomic E-state index is 0.238. The van der Waals surface area contributed by atoms with Gasteiger partial charge in [-0.3, -0.25) is 0 Å². The van der Waals surface area contributed by atoms with Gasteiger partial charge in [-0.15, -0.1) is 0 Å². The first kappa shape index (κ1) is 15.4. The summed E-state index contributed by atoms with van der Waals surface area (Å²) in [5, 5.41) is 3.25. The molecule has 1 saturated carbocycles. The Morgan fingerprint density at radius 2 is 1.95 bits per heavy atom. The summed E-state index contributed by atoms with van der Waals surface area (Å²) in [6.45, 7) is 4.81. The van der Waals surface area contributed by atoms with Gasteiger partial charge in [0.1, 0.15) is 0 Å². The van der Waals surface area contributed by atoms with Gasteiger partial charge in [0.25, 0.3) is 0 Å². The van der Waals surface area contributed by atoms with Crippen molar-refractivity contribution in [2.75, 3.05) is 6.54 Å². The summed E-state index contributed by atoms with van der Waals surface area (Å²) in [5.74, 6) is -2.66. The van der Waals surface area contributed by atoms with E-state index in [4.69, 9.17) is 0 Å². The van der Waals surface area contributed by atoms with E-state index in [-0.39, 0.29) is 17.5 Å². The van der Waals surface area contributed by atoms with Crippen LogP contribution in [0.1, 0.15) is 51.1 Å². The van der Waals surface area contributed by atoms with Gasteiger partial charge in [-0.2, -0.15) is 0 Å². The Bertz CT molecular complexity index is 461. The second kappa shape index (κ2) is 6.61. The third-order valence-electron chi connectivity index (χ3n) is 4.27. The molecule has 20 heavy (non-hydrogen) atoms. The van der Waals surface area contributed by atoms with Gasteiger partial charge in [0.15, 0.2) is 17.5 Å². The molecule has 0 bridgehead atoms. The zero-order valence-electron chi connectivity index (χ0n) is 12.1. The number of benzene rings is 1. The maximum absolute atomic E-state index is 14.0. The maximum atomic E-state index is 14.0. The third-order valence-corrected chi connectivity index (χ3v) is 4.27. The lowest BCUT2D eigenvalue weighted by Gasteiger charge is -2.34. The van der Waals surface area contributed by atoms with E-state index in [0.29, 0.717) is 12.5 Å². The molecule has 1 aliphatic rings. The van der Waals surface area contributed by atoms with Crippen LogP contribution in [0.3, 0.4) is 0 Å². The second-order valence-corrected chi connectivity index (χ2v) is 5.83. The predicted octanol–water partition coefficient (Wildman–Crippen LogP) is 4.58. The zero-order valence-corrected chi connectivity index (χ0v) is 12.1. The van der Waals surface area contributed by atoms with Crippen LogP contribution in [0.15, 0.2) is 12.1 Å². The molecular weight excluding hydrogens is 263 g/mol. The van der Waals surface area contributed by atoms with E-state index in [1.165, 1.54) is 12.5 Å². The highest BCUT2D eigenvalue weighted by Gasteiger charge is 2.30. The fourth-order valence-electron chi connectivity index (χ4n) is 3.32. The molecular formula is C16H22F3N. The Hall–Kier alpha value is -1.03. The molecule has 0 aliphatic heterocycles. The van der Waals surface area contributed by atoms with Gasteiger partial charge < -0.3 is 5.32 Å². The first-order valence-corrected chi connectivity index (χ1v) is 7.41. The smallest absolute Gasteiger partial charge is 0.194 e. The highest BCUT2D eigenvalue weighted by molar-refractivity contribution is 5.24. The van der Waals surface area contributed by atoms with Gasteiger partial charge in [0, 0.05) is 11.6 Å². The fourth-order valence-corrected chi connectivity index (χ4v) is 3.32. The molecule has 1 nitrogen and oxygen atoms in total. The van der Waals surface area contributed by atoms with Crippen LogP contribution in [0.4, 0.5) is 13.2 Å². The lowest BCUT2D eigenvalue weighted by atomic mass is 9.76. The van der Waals surface area contributed by atoms with Crippen molar-refractivity contribution < 1.29 is 13.2 Å². The molecule has 1 N–H and O–H groups in total. The Morgan fingerprint density at radius 1 is 1.20 bits per heavy atom. The summed E-state index contributed by atoms with van der Waals surface area (Å²) in [7, 11) is 0. The van der Waals surface area contributed by atoms with E-state index in [9.17, 15) is 13.2 Å². The molecule has 0 heterocycles. The standard InChI is InChI=1S/C16H22F3N/c1-3-20-16(11-6-4-5-10(2)9-11)12-7-8-13(17)15(19)14(12)18/h7-8,10-11,16,20H,3-6,9H2,1-2H3. The first-order chi connectivity index (χ1) is 9.54. The highest BCUT2D eigenvalue weighted by atomic mass is 19.2. The van der Waals surface area contributed by atoms with Crippen LogP contribution >= 0.6 is 0 Å². The average Bonchev–Trinajstić information content (AvgIpc) is 2.43. The van der Waals surface area contributed by atoms with E-state index in [1.807, 2.05) is 6.92 Å². The number of rotatable bonds is 4. The van der Waals surface area contributed by atoms with Crippen LogP contribution in [0.5, 0.6) is 0 Å². The average molecular weight is 285 g/mol. The fraction of sp³-hybridized carbons (Fsp3) is 0.625. The Balaban J connectivity index is 2.30. The maximum Gasteiger partial charge on any atom is 0.194 e. The summed E-state index contributed by atoms with van der Waals surface area (Å²) < 4.78 is 40.6. The Morgan fingerprint density at radius 3 is 2.60 bits per heavy atom. The Labute approximate surface area is 118 Å². The van der Waals surface area contributed by atoms with Gasteiger partial charge in [0.05, 0.1) is 0 Å². The van der Waals surface area contributed by atoms with Crippen molar-refractivity contribution in [2.24, 2.45) is 11.8 Å². The van der Waals surface area contributed by atoms with Crippen molar-refractivity contribution in [2.45, 2.75) is 45.6 Å². The summed E-state index contributed by atoms with van der Waals surface area (Å²) in [5.41, 5.74) is 0.254. The monoisotopic (exact) mass is 285 g/mol. The third kappa shape index (κ3) is 3.17. The molecule has 0 amide bonds. The quantitative estimate of drug-likeness (QED) is 0.798. The van der Waals surface area contributed by atoms with E-state index in [2.05, 4.69) is 12.2 Å². The van der Waals surface area contributed by atoms with Gasteiger partial charge in [0.2, 0.25) is 0 Å². The van der Waals surface area contributed by atoms with Crippen LogP contribution in [0.2, 0.25) is 0 Å². The SMILES string of the molecule is CCNC(c1ccc(F)c(F)c1F)C1CCCC(C)C1. The highest BCUT2D eigenvalue weighted by Crippen LogP contribution is 2.38. The molecule has 1 fully saturated rings. The van der Waals surface area contributed by atoms with Crippen LogP contribution in [-0.2, 0) is 0 Å². The second-order valence-electron chi connectivity index (χ2n) is 5.83. The number of nitrogens with one attached hydrogen (secondary N) is 1. The van der Waals surface area contributed by atoms with Crippen molar-refractivity contribution in [3.63, 3.8) is 0 Å². The molecule has 0 saturated heterocycles. The molecule has 0 aromatic heterocycles. The van der Waals surface area contributed by atoms with Gasteiger partial charge >= 0.3 is 0 Å². The van der Waals surface area contributed by atoms with Crippen molar-refractivity contribution >= 4 is 0 Å². The molecule has 0 spiro atoms. The van der Waals surface area contributed by atoms with E-state index >= 15 is 0 Å². The number of hydrogen-bond acceptors (Lipinski definition) is 1. The minimum atomic E-state index is -1.37. The van der Waals surface area contributed by atoms with Crippen molar-refractivity contribution in [3.8, 4) is 0 Å². The zero-order chi connectivity index (χ0) is 14.7. The van der Waals surface area contributed by atoms with Gasteiger partial charge in [-0.05, 0) is 37.3 Å². The van der Waals surface area contributed by atoms with Crippen molar-refractivity contribution in [1.82, 2.24) is 5.32 Å². The van der Waals surface area contributed by atoms with Crippen LogP contribution in [0.25, 0.3) is 0 Å². The molecule has 1 aromatic rings. The molecule has 1 aliphatic carbocycles. The van der Waals surface area contributed by atoms with Crippen LogP contribution < -0.4 is 5.32 Å². The summed E-state index contributed by atoms with van der Waals surface area (Å²) in [4.78, 5) is 0. The van der Waals surface area contributed by atoms with E-state index in [1.54, 1.807) is 0 Å². The molecule has 3 atom stereocenters. The molecule has 1 aromatic carbocycles. The molecule has 112 valence electrons. The Kier molecular flexibility index (Phi) is 5.08. The predicted molar refractivity (Wildman–Crippen MR) is 73.9 cm³/mol. The number of halogens is 3. The lowest BCUT2D eigenvalue weighted by molar-refractivity contribution is 0.221. The summed E-state index contributed by atoms with van der Waals surface area (Å²) in [6, 6.07) is 2.16. The van der Waals surface area contributed by atoms with E-state index < -0.39 is 17.5 Å². The summed E-state index contributed by atoms with van der Waals surface area (Å²) in [6.07, 6.45) is 4.30. The molecule has 4 heteroatoms. The minimum Gasteiger partial charge on any atom is -0.310 e. The topological polar surface area (TPSA) is 12.0 Å². The summed E-state index contributed by atoms with van der Waals surface area (Å²) >= 11 is 0. The molecule has 3 unspecified atom stereocenters. The van der Waals surface area contributed by atoms with Crippen LogP contribution in [0, 0.1) is 29.3 Å².